The minimum Gasteiger partial charge on any atom is -0.481 e. The molecule has 26 heavy (non-hydrogen) atoms. The van der Waals surface area contributed by atoms with Crippen molar-refractivity contribution in [1.29, 1.82) is 0 Å². The molecule has 1 unspecified atom stereocenters. The number of aliphatic carboxylic acids is 1. The van der Waals surface area contributed by atoms with Gasteiger partial charge < -0.3 is 5.11 Å². The molecule has 0 saturated carbocycles. The SMILES string of the molecule is Cc1cccc(S(=O)(=O)NC(CCCCCC(=O)O)c2ccccc2)c1. The Labute approximate surface area is 155 Å². The molecule has 0 fully saturated rings. The predicted octanol–water partition coefficient (Wildman–Crippen LogP) is 4.05. The molecule has 0 aliphatic rings. The molecule has 2 N–H and O–H groups in total. The molecule has 1 atom stereocenters. The Hall–Kier alpha value is -2.18. The molecule has 0 spiro atoms. The Morgan fingerprint density at radius 3 is 2.42 bits per heavy atom. The van der Waals surface area contributed by atoms with Gasteiger partial charge in [0, 0.05) is 12.5 Å². The Morgan fingerprint density at radius 2 is 1.77 bits per heavy atom. The lowest BCUT2D eigenvalue weighted by molar-refractivity contribution is -0.137. The molecule has 0 radical (unpaired) electrons. The van der Waals surface area contributed by atoms with Gasteiger partial charge in [-0.2, -0.15) is 0 Å². The van der Waals surface area contributed by atoms with Crippen LogP contribution in [0.5, 0.6) is 0 Å². The van der Waals surface area contributed by atoms with E-state index < -0.39 is 16.0 Å². The average Bonchev–Trinajstić information content (AvgIpc) is 2.61. The molecule has 0 bridgehead atoms. The van der Waals surface area contributed by atoms with Crippen molar-refractivity contribution in [3.05, 3.63) is 65.7 Å². The molecule has 2 aromatic carbocycles. The van der Waals surface area contributed by atoms with Crippen LogP contribution in [0.4, 0.5) is 0 Å². The second-order valence-corrected chi connectivity index (χ2v) is 8.11. The number of rotatable bonds is 10. The summed E-state index contributed by atoms with van der Waals surface area (Å²) >= 11 is 0. The van der Waals surface area contributed by atoms with E-state index in [-0.39, 0.29) is 17.4 Å². The summed E-state index contributed by atoms with van der Waals surface area (Å²) in [7, 11) is -3.63. The smallest absolute Gasteiger partial charge is 0.303 e. The summed E-state index contributed by atoms with van der Waals surface area (Å²) in [6, 6.07) is 15.9. The van der Waals surface area contributed by atoms with Crippen molar-refractivity contribution < 1.29 is 18.3 Å². The summed E-state index contributed by atoms with van der Waals surface area (Å²) in [5, 5.41) is 8.71. The fourth-order valence-corrected chi connectivity index (χ4v) is 4.18. The highest BCUT2D eigenvalue weighted by Crippen LogP contribution is 2.23. The van der Waals surface area contributed by atoms with Crippen LogP contribution < -0.4 is 4.72 Å². The molecule has 5 nitrogen and oxygen atoms in total. The Morgan fingerprint density at radius 1 is 1.04 bits per heavy atom. The lowest BCUT2D eigenvalue weighted by Crippen LogP contribution is -2.28. The van der Waals surface area contributed by atoms with Crippen LogP contribution in [0.2, 0.25) is 0 Å². The van der Waals surface area contributed by atoms with Crippen molar-refractivity contribution in [3.8, 4) is 0 Å². The highest BCUT2D eigenvalue weighted by Gasteiger charge is 2.21. The standard InChI is InChI=1S/C20H25NO4S/c1-16-9-8-12-18(15-16)26(24,25)21-19(17-10-4-2-5-11-17)13-6-3-7-14-20(22)23/h2,4-5,8-12,15,19,21H,3,6-7,13-14H2,1H3,(H,22,23). The van der Waals surface area contributed by atoms with Crippen molar-refractivity contribution in [1.82, 2.24) is 4.72 Å². The minimum atomic E-state index is -3.63. The summed E-state index contributed by atoms with van der Waals surface area (Å²) in [6.07, 6.45) is 2.87. The third-order valence-electron chi connectivity index (χ3n) is 4.18. The number of hydrogen-bond donors (Lipinski definition) is 2. The zero-order valence-electron chi connectivity index (χ0n) is 14.9. The molecule has 6 heteroatoms. The van der Waals surface area contributed by atoms with Crippen molar-refractivity contribution in [2.24, 2.45) is 0 Å². The van der Waals surface area contributed by atoms with E-state index in [4.69, 9.17) is 5.11 Å². The first-order valence-corrected chi connectivity index (χ1v) is 10.2. The van der Waals surface area contributed by atoms with Gasteiger partial charge >= 0.3 is 5.97 Å². The molecular weight excluding hydrogens is 350 g/mol. The van der Waals surface area contributed by atoms with Crippen LogP contribution in [-0.4, -0.2) is 19.5 Å². The van der Waals surface area contributed by atoms with Gasteiger partial charge in [0.25, 0.3) is 0 Å². The largest absolute Gasteiger partial charge is 0.481 e. The summed E-state index contributed by atoms with van der Waals surface area (Å²) in [4.78, 5) is 10.9. The van der Waals surface area contributed by atoms with Crippen LogP contribution in [0.15, 0.2) is 59.5 Å². The zero-order chi connectivity index (χ0) is 19.0. The van der Waals surface area contributed by atoms with Gasteiger partial charge in [-0.1, -0.05) is 55.3 Å². The molecule has 2 rings (SSSR count). The topological polar surface area (TPSA) is 83.5 Å². The van der Waals surface area contributed by atoms with E-state index in [9.17, 15) is 13.2 Å². The quantitative estimate of drug-likeness (QED) is 0.614. The maximum Gasteiger partial charge on any atom is 0.303 e. The lowest BCUT2D eigenvalue weighted by Gasteiger charge is -2.19. The molecule has 0 heterocycles. The van der Waals surface area contributed by atoms with Crippen molar-refractivity contribution >= 4 is 16.0 Å². The summed E-state index contributed by atoms with van der Waals surface area (Å²) in [5.74, 6) is -0.801. The second kappa shape index (κ2) is 9.50. The summed E-state index contributed by atoms with van der Waals surface area (Å²) < 4.78 is 28.3. The van der Waals surface area contributed by atoms with Crippen molar-refractivity contribution in [2.75, 3.05) is 0 Å². The molecule has 0 amide bonds. The van der Waals surface area contributed by atoms with Crippen molar-refractivity contribution in [3.63, 3.8) is 0 Å². The van der Waals surface area contributed by atoms with Gasteiger partial charge in [-0.15, -0.1) is 0 Å². The highest BCUT2D eigenvalue weighted by molar-refractivity contribution is 7.89. The molecule has 0 aliphatic carbocycles. The van der Waals surface area contributed by atoms with E-state index in [1.165, 1.54) is 0 Å². The number of nitrogens with one attached hydrogen (secondary N) is 1. The Bertz CT molecular complexity index is 819. The van der Waals surface area contributed by atoms with Crippen LogP contribution in [-0.2, 0) is 14.8 Å². The Kier molecular flexibility index (Phi) is 7.36. The lowest BCUT2D eigenvalue weighted by atomic mass is 10.0. The monoisotopic (exact) mass is 375 g/mol. The van der Waals surface area contributed by atoms with Crippen LogP contribution in [0.25, 0.3) is 0 Å². The van der Waals surface area contributed by atoms with Gasteiger partial charge in [-0.05, 0) is 43.0 Å². The first kappa shape index (κ1) is 20.1. The molecule has 0 aliphatic heterocycles. The zero-order valence-corrected chi connectivity index (χ0v) is 15.7. The van der Waals surface area contributed by atoms with E-state index >= 15 is 0 Å². The third kappa shape index (κ3) is 6.28. The van der Waals surface area contributed by atoms with Gasteiger partial charge in [-0.25, -0.2) is 13.1 Å². The number of sulfonamides is 1. The average molecular weight is 375 g/mol. The molecule has 0 aromatic heterocycles. The summed E-state index contributed by atoms with van der Waals surface area (Å²) in [5.41, 5.74) is 1.79. The Balaban J connectivity index is 2.10. The van der Waals surface area contributed by atoms with Gasteiger partial charge in [0.2, 0.25) is 10.0 Å². The maximum absolute atomic E-state index is 12.8. The van der Waals surface area contributed by atoms with E-state index in [0.717, 1.165) is 24.0 Å². The number of carbonyl (C=O) groups is 1. The number of aryl methyl sites for hydroxylation is 1. The molecular formula is C20H25NO4S. The fourth-order valence-electron chi connectivity index (χ4n) is 2.82. The third-order valence-corrected chi connectivity index (χ3v) is 5.65. The fraction of sp³-hybridized carbons (Fsp3) is 0.350. The van der Waals surface area contributed by atoms with Gasteiger partial charge in [0.1, 0.15) is 0 Å². The van der Waals surface area contributed by atoms with E-state index in [1.807, 2.05) is 43.3 Å². The normalized spacial score (nSPS) is 12.7. The second-order valence-electron chi connectivity index (χ2n) is 6.39. The van der Waals surface area contributed by atoms with E-state index in [0.29, 0.717) is 12.8 Å². The number of benzene rings is 2. The summed E-state index contributed by atoms with van der Waals surface area (Å²) in [6.45, 7) is 1.86. The highest BCUT2D eigenvalue weighted by atomic mass is 32.2. The number of carboxylic acids is 1. The number of unbranched alkanes of at least 4 members (excludes halogenated alkanes) is 2. The van der Waals surface area contributed by atoms with Crippen LogP contribution in [0.3, 0.4) is 0 Å². The van der Waals surface area contributed by atoms with Gasteiger partial charge in [0.05, 0.1) is 4.90 Å². The number of carboxylic acid groups (broad SMARTS) is 1. The molecule has 140 valence electrons. The predicted molar refractivity (Wildman–Crippen MR) is 101 cm³/mol. The molecule has 0 saturated heterocycles. The van der Waals surface area contributed by atoms with E-state index in [1.54, 1.807) is 18.2 Å². The maximum atomic E-state index is 12.8. The van der Waals surface area contributed by atoms with Crippen LogP contribution in [0, 0.1) is 6.92 Å². The van der Waals surface area contributed by atoms with Crippen LogP contribution in [0.1, 0.15) is 49.3 Å². The first-order valence-electron chi connectivity index (χ1n) is 8.74. The minimum absolute atomic E-state index is 0.144. The first-order chi connectivity index (χ1) is 12.4. The van der Waals surface area contributed by atoms with Gasteiger partial charge in [-0.3, -0.25) is 4.79 Å². The molecule has 2 aromatic rings. The van der Waals surface area contributed by atoms with E-state index in [2.05, 4.69) is 4.72 Å². The van der Waals surface area contributed by atoms with Gasteiger partial charge in [0.15, 0.2) is 0 Å². The van der Waals surface area contributed by atoms with Crippen LogP contribution >= 0.6 is 0 Å². The van der Waals surface area contributed by atoms with Crippen molar-refractivity contribution in [2.45, 2.75) is 50.0 Å². The number of hydrogen-bond acceptors (Lipinski definition) is 3.